The van der Waals surface area contributed by atoms with Crippen LogP contribution in [0.2, 0.25) is 0 Å². The number of methoxy groups -OCH3 is 1. The van der Waals surface area contributed by atoms with E-state index >= 15 is 0 Å². The van der Waals surface area contributed by atoms with Crippen LogP contribution in [0, 0.1) is 6.92 Å². The van der Waals surface area contributed by atoms with Gasteiger partial charge in [-0.1, -0.05) is 6.07 Å². The fourth-order valence-electron chi connectivity index (χ4n) is 3.56. The van der Waals surface area contributed by atoms with Gasteiger partial charge in [0.15, 0.2) is 0 Å². The van der Waals surface area contributed by atoms with E-state index in [1.54, 1.807) is 12.0 Å². The monoisotopic (exact) mass is 350 g/mol. The summed E-state index contributed by atoms with van der Waals surface area (Å²) in [5.74, 6) is 1.64. The van der Waals surface area contributed by atoms with E-state index in [9.17, 15) is 4.79 Å². The second kappa shape index (κ2) is 6.05. The lowest BCUT2D eigenvalue weighted by atomic mass is 10.0. The fourth-order valence-corrected chi connectivity index (χ4v) is 3.56. The standard InChI is InChI=1S/C20H22N4O2/c1-12-5-6-13(11-16(12)26-4)21-17-8-7-14-18-15(24(3)19(14)22-17)9-10-23(2)20(18)25/h5-8,11H,9-10H2,1-4H3,(H,21,22). The number of pyridine rings is 1. The van der Waals surface area contributed by atoms with Gasteiger partial charge in [0.2, 0.25) is 0 Å². The molecule has 4 rings (SSSR count). The van der Waals surface area contributed by atoms with E-state index in [4.69, 9.17) is 9.72 Å². The third-order valence-corrected chi connectivity index (χ3v) is 5.08. The molecule has 0 atom stereocenters. The minimum Gasteiger partial charge on any atom is -0.496 e. The van der Waals surface area contributed by atoms with Crippen LogP contribution in [0.25, 0.3) is 11.0 Å². The molecular formula is C20H22N4O2. The van der Waals surface area contributed by atoms with Gasteiger partial charge in [0.1, 0.15) is 17.2 Å². The highest BCUT2D eigenvalue weighted by molar-refractivity contribution is 6.08. The number of hydrogen-bond acceptors (Lipinski definition) is 4. The first-order valence-electron chi connectivity index (χ1n) is 8.65. The van der Waals surface area contributed by atoms with Crippen LogP contribution in [0.1, 0.15) is 21.6 Å². The van der Waals surface area contributed by atoms with Gasteiger partial charge in [0, 0.05) is 49.9 Å². The number of nitrogens with zero attached hydrogens (tertiary/aromatic N) is 3. The summed E-state index contributed by atoms with van der Waals surface area (Å²) in [6, 6.07) is 9.85. The molecule has 0 aliphatic carbocycles. The van der Waals surface area contributed by atoms with Crippen molar-refractivity contribution in [3.8, 4) is 5.75 Å². The van der Waals surface area contributed by atoms with Crippen LogP contribution < -0.4 is 10.1 Å². The summed E-state index contributed by atoms with van der Waals surface area (Å²) >= 11 is 0. The molecule has 1 aromatic carbocycles. The van der Waals surface area contributed by atoms with Crippen LogP contribution in [-0.4, -0.2) is 41.1 Å². The number of hydrogen-bond donors (Lipinski definition) is 1. The Labute approximate surface area is 152 Å². The number of amides is 1. The molecule has 1 aliphatic rings. The van der Waals surface area contributed by atoms with E-state index in [-0.39, 0.29) is 5.91 Å². The van der Waals surface area contributed by atoms with Crippen molar-refractivity contribution in [3.63, 3.8) is 0 Å². The molecular weight excluding hydrogens is 328 g/mol. The smallest absolute Gasteiger partial charge is 0.256 e. The predicted octanol–water partition coefficient (Wildman–Crippen LogP) is 3.26. The molecule has 26 heavy (non-hydrogen) atoms. The summed E-state index contributed by atoms with van der Waals surface area (Å²) in [5.41, 5.74) is 4.66. The molecule has 0 fully saturated rings. The highest BCUT2D eigenvalue weighted by Gasteiger charge is 2.28. The van der Waals surface area contributed by atoms with Gasteiger partial charge in [-0.05, 0) is 30.7 Å². The summed E-state index contributed by atoms with van der Waals surface area (Å²) in [6.07, 6.45) is 0.850. The number of aryl methyl sites for hydroxylation is 2. The highest BCUT2D eigenvalue weighted by atomic mass is 16.5. The molecule has 1 N–H and O–H groups in total. The number of benzene rings is 1. The van der Waals surface area contributed by atoms with Crippen LogP contribution in [0.4, 0.5) is 11.5 Å². The Morgan fingerprint density at radius 2 is 2.00 bits per heavy atom. The Morgan fingerprint density at radius 3 is 2.77 bits per heavy atom. The van der Waals surface area contributed by atoms with Gasteiger partial charge in [0.05, 0.1) is 12.7 Å². The van der Waals surface area contributed by atoms with Crippen LogP contribution in [0.15, 0.2) is 30.3 Å². The second-order valence-electron chi connectivity index (χ2n) is 6.73. The third kappa shape index (κ3) is 2.49. The van der Waals surface area contributed by atoms with Crippen molar-refractivity contribution in [2.75, 3.05) is 26.0 Å². The van der Waals surface area contributed by atoms with Gasteiger partial charge in [-0.3, -0.25) is 4.79 Å². The molecule has 1 amide bonds. The number of nitrogens with one attached hydrogen (secondary N) is 1. The quantitative estimate of drug-likeness (QED) is 0.788. The zero-order valence-corrected chi connectivity index (χ0v) is 15.5. The summed E-state index contributed by atoms with van der Waals surface area (Å²) in [7, 11) is 5.49. The van der Waals surface area contributed by atoms with Crippen molar-refractivity contribution in [2.45, 2.75) is 13.3 Å². The average Bonchev–Trinajstić information content (AvgIpc) is 2.92. The number of carbonyl (C=O) groups is 1. The molecule has 1 aliphatic heterocycles. The van der Waals surface area contributed by atoms with E-state index in [1.807, 2.05) is 55.9 Å². The summed E-state index contributed by atoms with van der Waals surface area (Å²) < 4.78 is 7.42. The van der Waals surface area contributed by atoms with Crippen LogP contribution in [-0.2, 0) is 13.5 Å². The topological polar surface area (TPSA) is 59.4 Å². The Hall–Kier alpha value is -3.02. The number of anilines is 2. The molecule has 3 heterocycles. The van der Waals surface area contributed by atoms with Gasteiger partial charge in [-0.15, -0.1) is 0 Å². The van der Waals surface area contributed by atoms with E-state index in [2.05, 4.69) is 5.32 Å². The molecule has 0 unspecified atom stereocenters. The Balaban J connectivity index is 1.75. The zero-order chi connectivity index (χ0) is 18.4. The zero-order valence-electron chi connectivity index (χ0n) is 15.5. The van der Waals surface area contributed by atoms with Gasteiger partial charge in [0.25, 0.3) is 5.91 Å². The van der Waals surface area contributed by atoms with Crippen molar-refractivity contribution >= 4 is 28.4 Å². The summed E-state index contributed by atoms with van der Waals surface area (Å²) in [6.45, 7) is 2.75. The normalized spacial score (nSPS) is 13.8. The second-order valence-corrected chi connectivity index (χ2v) is 6.73. The SMILES string of the molecule is COc1cc(Nc2ccc3c4c(n(C)c3n2)CCN(C)C4=O)ccc1C. The molecule has 0 bridgehead atoms. The third-order valence-electron chi connectivity index (χ3n) is 5.08. The Bertz CT molecular complexity index is 1020. The molecule has 0 saturated heterocycles. The van der Waals surface area contributed by atoms with Crippen molar-refractivity contribution in [1.82, 2.24) is 14.5 Å². The summed E-state index contributed by atoms with van der Waals surface area (Å²) in [5, 5.41) is 4.23. The van der Waals surface area contributed by atoms with Crippen LogP contribution in [0.5, 0.6) is 5.75 Å². The number of ether oxygens (including phenoxy) is 1. The van der Waals surface area contributed by atoms with E-state index in [1.165, 1.54) is 0 Å². The van der Waals surface area contributed by atoms with Crippen molar-refractivity contribution in [1.29, 1.82) is 0 Å². The lowest BCUT2D eigenvalue weighted by Crippen LogP contribution is -2.34. The van der Waals surface area contributed by atoms with Crippen LogP contribution in [0.3, 0.4) is 0 Å². The molecule has 2 aromatic heterocycles. The molecule has 0 spiro atoms. The lowest BCUT2D eigenvalue weighted by Gasteiger charge is -2.23. The predicted molar refractivity (Wildman–Crippen MR) is 102 cm³/mol. The Morgan fingerprint density at radius 1 is 1.19 bits per heavy atom. The highest BCUT2D eigenvalue weighted by Crippen LogP contribution is 2.31. The number of carbonyl (C=O) groups excluding carboxylic acids is 1. The van der Waals surface area contributed by atoms with E-state index < -0.39 is 0 Å². The maximum Gasteiger partial charge on any atom is 0.256 e. The number of aromatic nitrogens is 2. The molecule has 3 aromatic rings. The summed E-state index contributed by atoms with van der Waals surface area (Å²) in [4.78, 5) is 19.1. The van der Waals surface area contributed by atoms with Gasteiger partial charge in [-0.25, -0.2) is 4.98 Å². The van der Waals surface area contributed by atoms with Crippen LogP contribution >= 0.6 is 0 Å². The maximum absolute atomic E-state index is 12.6. The van der Waals surface area contributed by atoms with Gasteiger partial charge >= 0.3 is 0 Å². The van der Waals surface area contributed by atoms with E-state index in [0.717, 1.165) is 58.1 Å². The molecule has 134 valence electrons. The minimum atomic E-state index is 0.0719. The van der Waals surface area contributed by atoms with Crippen molar-refractivity contribution in [3.05, 3.63) is 47.2 Å². The molecule has 0 saturated carbocycles. The van der Waals surface area contributed by atoms with Crippen molar-refractivity contribution < 1.29 is 9.53 Å². The average molecular weight is 350 g/mol. The first-order valence-corrected chi connectivity index (χ1v) is 8.65. The number of rotatable bonds is 3. The van der Waals surface area contributed by atoms with E-state index in [0.29, 0.717) is 0 Å². The van der Waals surface area contributed by atoms with Crippen molar-refractivity contribution in [2.24, 2.45) is 7.05 Å². The van der Waals surface area contributed by atoms with Gasteiger partial charge < -0.3 is 19.5 Å². The molecule has 0 radical (unpaired) electrons. The first-order chi connectivity index (χ1) is 12.5. The molecule has 6 nitrogen and oxygen atoms in total. The Kier molecular flexibility index (Phi) is 3.83. The first kappa shape index (κ1) is 16.4. The number of fused-ring (bicyclic) bond motifs is 3. The maximum atomic E-state index is 12.6. The van der Waals surface area contributed by atoms with Gasteiger partial charge in [-0.2, -0.15) is 0 Å². The fraction of sp³-hybridized carbons (Fsp3) is 0.300. The minimum absolute atomic E-state index is 0.0719. The molecule has 6 heteroatoms. The largest absolute Gasteiger partial charge is 0.496 e. The lowest BCUT2D eigenvalue weighted by molar-refractivity contribution is 0.0781. The number of likely N-dealkylation sites (N-methyl/N-ethyl adjacent to an activating group) is 1.